The smallest absolute Gasteiger partial charge is 0.182 e. The molecule has 1 aliphatic rings. The standard InChI is InChI=1S/C11H13F3N2/c12-8-3-9(13)11(14)10(4-8)16-2-1-7(5-15)6-16/h3-4,7H,1-2,5-6,15H2. The predicted molar refractivity (Wildman–Crippen MR) is 55.7 cm³/mol. The molecule has 1 heterocycles. The van der Waals surface area contributed by atoms with Gasteiger partial charge in [-0.25, -0.2) is 13.2 Å². The fraction of sp³-hybridized carbons (Fsp3) is 0.455. The summed E-state index contributed by atoms with van der Waals surface area (Å²) in [5.41, 5.74) is 5.50. The Morgan fingerprint density at radius 2 is 2.06 bits per heavy atom. The van der Waals surface area contributed by atoms with Crippen LogP contribution in [-0.4, -0.2) is 19.6 Å². The van der Waals surface area contributed by atoms with Gasteiger partial charge in [0.25, 0.3) is 0 Å². The average Bonchev–Trinajstić information content (AvgIpc) is 2.71. The Morgan fingerprint density at radius 1 is 1.31 bits per heavy atom. The summed E-state index contributed by atoms with van der Waals surface area (Å²) >= 11 is 0. The molecule has 1 fully saturated rings. The molecule has 2 rings (SSSR count). The van der Waals surface area contributed by atoms with Crippen molar-refractivity contribution in [1.82, 2.24) is 0 Å². The molecule has 2 nitrogen and oxygen atoms in total. The van der Waals surface area contributed by atoms with E-state index in [1.165, 1.54) is 0 Å². The summed E-state index contributed by atoms with van der Waals surface area (Å²) in [5, 5.41) is 0. The van der Waals surface area contributed by atoms with Crippen LogP contribution in [-0.2, 0) is 0 Å². The summed E-state index contributed by atoms with van der Waals surface area (Å²) in [4.78, 5) is 1.64. The third-order valence-electron chi connectivity index (χ3n) is 2.93. The van der Waals surface area contributed by atoms with E-state index in [9.17, 15) is 13.2 Å². The summed E-state index contributed by atoms with van der Waals surface area (Å²) in [6.07, 6.45) is 0.827. The maximum absolute atomic E-state index is 13.4. The van der Waals surface area contributed by atoms with Crippen molar-refractivity contribution in [2.45, 2.75) is 6.42 Å². The lowest BCUT2D eigenvalue weighted by Crippen LogP contribution is -2.23. The highest BCUT2D eigenvalue weighted by Gasteiger charge is 2.25. The Hall–Kier alpha value is -1.23. The molecule has 0 bridgehead atoms. The van der Waals surface area contributed by atoms with Gasteiger partial charge in [0.15, 0.2) is 11.6 Å². The number of nitrogens with two attached hydrogens (primary N) is 1. The van der Waals surface area contributed by atoms with Crippen LogP contribution in [0.15, 0.2) is 12.1 Å². The number of hydrogen-bond donors (Lipinski definition) is 1. The molecule has 16 heavy (non-hydrogen) atoms. The molecule has 0 aromatic heterocycles. The lowest BCUT2D eigenvalue weighted by atomic mass is 10.1. The minimum Gasteiger partial charge on any atom is -0.369 e. The molecule has 0 radical (unpaired) electrons. The van der Waals surface area contributed by atoms with Crippen LogP contribution in [0.1, 0.15) is 6.42 Å². The zero-order valence-electron chi connectivity index (χ0n) is 8.72. The molecule has 1 aliphatic heterocycles. The minimum atomic E-state index is -1.15. The predicted octanol–water partition coefficient (Wildman–Crippen LogP) is 1.89. The molecule has 0 aliphatic carbocycles. The maximum Gasteiger partial charge on any atom is 0.182 e. The molecule has 0 spiro atoms. The van der Waals surface area contributed by atoms with Gasteiger partial charge in [0.1, 0.15) is 5.82 Å². The average molecular weight is 230 g/mol. The van der Waals surface area contributed by atoms with E-state index in [-0.39, 0.29) is 11.6 Å². The minimum absolute atomic E-state index is 0.00606. The van der Waals surface area contributed by atoms with Gasteiger partial charge in [-0.15, -0.1) is 0 Å². The molecule has 1 aromatic rings. The first-order valence-electron chi connectivity index (χ1n) is 5.21. The molecule has 1 unspecified atom stereocenters. The Morgan fingerprint density at radius 3 is 2.69 bits per heavy atom. The first kappa shape index (κ1) is 11.3. The Bertz CT molecular complexity index is 395. The maximum atomic E-state index is 13.4. The molecule has 0 saturated carbocycles. The van der Waals surface area contributed by atoms with E-state index in [4.69, 9.17) is 5.73 Å². The number of benzene rings is 1. The Labute approximate surface area is 91.8 Å². The van der Waals surface area contributed by atoms with Crippen molar-refractivity contribution in [2.75, 3.05) is 24.5 Å². The first-order chi connectivity index (χ1) is 7.61. The fourth-order valence-electron chi connectivity index (χ4n) is 2.02. The molecule has 1 atom stereocenters. The molecule has 88 valence electrons. The van der Waals surface area contributed by atoms with Gasteiger partial charge in [0, 0.05) is 25.2 Å². The normalized spacial score (nSPS) is 20.5. The zero-order valence-corrected chi connectivity index (χ0v) is 8.72. The number of anilines is 1. The van der Waals surface area contributed by atoms with Gasteiger partial charge in [-0.2, -0.15) is 0 Å². The van der Waals surface area contributed by atoms with Gasteiger partial charge in [-0.1, -0.05) is 0 Å². The zero-order chi connectivity index (χ0) is 11.7. The van der Waals surface area contributed by atoms with Crippen LogP contribution in [0.25, 0.3) is 0 Å². The molecule has 1 saturated heterocycles. The molecular weight excluding hydrogens is 217 g/mol. The van der Waals surface area contributed by atoms with E-state index in [1.807, 2.05) is 0 Å². The van der Waals surface area contributed by atoms with E-state index in [0.29, 0.717) is 25.7 Å². The second-order valence-corrected chi connectivity index (χ2v) is 4.06. The third kappa shape index (κ3) is 2.00. The molecular formula is C11H13F3N2. The monoisotopic (exact) mass is 230 g/mol. The second kappa shape index (κ2) is 4.33. The highest BCUT2D eigenvalue weighted by atomic mass is 19.2. The van der Waals surface area contributed by atoms with E-state index in [2.05, 4.69) is 0 Å². The van der Waals surface area contributed by atoms with Gasteiger partial charge in [-0.05, 0) is 18.9 Å². The summed E-state index contributed by atoms with van der Waals surface area (Å²) in [7, 11) is 0. The lowest BCUT2D eigenvalue weighted by molar-refractivity contribution is 0.493. The van der Waals surface area contributed by atoms with Crippen LogP contribution in [0.3, 0.4) is 0 Å². The lowest BCUT2D eigenvalue weighted by Gasteiger charge is -2.19. The summed E-state index contributed by atoms with van der Waals surface area (Å²) in [6, 6.07) is 1.58. The van der Waals surface area contributed by atoms with E-state index in [1.54, 1.807) is 4.90 Å². The van der Waals surface area contributed by atoms with Crippen LogP contribution < -0.4 is 10.6 Å². The summed E-state index contributed by atoms with van der Waals surface area (Å²) < 4.78 is 39.4. The van der Waals surface area contributed by atoms with Crippen LogP contribution in [0.5, 0.6) is 0 Å². The highest BCUT2D eigenvalue weighted by Crippen LogP contribution is 2.28. The van der Waals surface area contributed by atoms with Gasteiger partial charge in [0.05, 0.1) is 5.69 Å². The van der Waals surface area contributed by atoms with Crippen molar-refractivity contribution >= 4 is 5.69 Å². The second-order valence-electron chi connectivity index (χ2n) is 4.06. The third-order valence-corrected chi connectivity index (χ3v) is 2.93. The van der Waals surface area contributed by atoms with Crippen LogP contribution >= 0.6 is 0 Å². The first-order valence-corrected chi connectivity index (χ1v) is 5.21. The fourth-order valence-corrected chi connectivity index (χ4v) is 2.02. The SMILES string of the molecule is NCC1CCN(c2cc(F)cc(F)c2F)C1. The van der Waals surface area contributed by atoms with Crippen LogP contribution in [0, 0.1) is 23.4 Å². The van der Waals surface area contributed by atoms with Crippen molar-refractivity contribution in [3.63, 3.8) is 0 Å². The van der Waals surface area contributed by atoms with Crippen molar-refractivity contribution < 1.29 is 13.2 Å². The van der Waals surface area contributed by atoms with Gasteiger partial charge >= 0.3 is 0 Å². The quantitative estimate of drug-likeness (QED) is 0.786. The summed E-state index contributed by atoms with van der Waals surface area (Å²) in [5.74, 6) is -2.62. The molecule has 1 aromatic carbocycles. The molecule has 0 amide bonds. The number of nitrogens with zero attached hydrogens (tertiary/aromatic N) is 1. The largest absolute Gasteiger partial charge is 0.369 e. The molecule has 5 heteroatoms. The van der Waals surface area contributed by atoms with Crippen LogP contribution in [0.2, 0.25) is 0 Å². The van der Waals surface area contributed by atoms with Gasteiger partial charge < -0.3 is 10.6 Å². The Balaban J connectivity index is 2.27. The Kier molecular flexibility index (Phi) is 3.05. The van der Waals surface area contributed by atoms with E-state index in [0.717, 1.165) is 12.5 Å². The van der Waals surface area contributed by atoms with Crippen LogP contribution in [0.4, 0.5) is 18.9 Å². The molecule has 2 N–H and O–H groups in total. The van der Waals surface area contributed by atoms with Crippen molar-refractivity contribution in [3.05, 3.63) is 29.6 Å². The number of halogens is 3. The summed E-state index contributed by atoms with van der Waals surface area (Å²) in [6.45, 7) is 1.65. The van der Waals surface area contributed by atoms with Crippen molar-refractivity contribution in [3.8, 4) is 0 Å². The highest BCUT2D eigenvalue weighted by molar-refractivity contribution is 5.49. The van der Waals surface area contributed by atoms with Gasteiger partial charge in [0.2, 0.25) is 0 Å². The van der Waals surface area contributed by atoms with Gasteiger partial charge in [-0.3, -0.25) is 0 Å². The van der Waals surface area contributed by atoms with Crippen molar-refractivity contribution in [2.24, 2.45) is 11.7 Å². The van der Waals surface area contributed by atoms with E-state index >= 15 is 0 Å². The topological polar surface area (TPSA) is 29.3 Å². The van der Waals surface area contributed by atoms with E-state index < -0.39 is 17.5 Å². The number of rotatable bonds is 2. The van der Waals surface area contributed by atoms with Crippen molar-refractivity contribution in [1.29, 1.82) is 0 Å². The number of hydrogen-bond acceptors (Lipinski definition) is 2.